The molecule has 0 atom stereocenters. The van der Waals surface area contributed by atoms with Crippen LogP contribution in [-0.4, -0.2) is 36.7 Å². The highest BCUT2D eigenvalue weighted by molar-refractivity contribution is 7.93. The SMILES string of the molecule is CCOC(=O)c1cn(Cc2ccccc2-c2ccccc2)c2sc(NS(=O)(=O)c3ccc(CC)cc3)nc2c1=O.O=C=O. The number of nitrogens with zero attached hydrogens (tertiary/aromatic N) is 2. The number of fused-ring (bicyclic) bond motifs is 1. The van der Waals surface area contributed by atoms with Crippen molar-refractivity contribution in [2.24, 2.45) is 0 Å². The Morgan fingerprint density at radius 1 is 0.977 bits per heavy atom. The first kappa shape index (κ1) is 31.0. The third kappa shape index (κ3) is 7.12. The number of esters is 1. The topological polar surface area (TPSA) is 142 Å². The van der Waals surface area contributed by atoms with Gasteiger partial charge < -0.3 is 9.30 Å². The molecule has 0 saturated heterocycles. The Morgan fingerprint density at radius 3 is 2.28 bits per heavy atom. The van der Waals surface area contributed by atoms with Crippen LogP contribution in [0.3, 0.4) is 0 Å². The highest BCUT2D eigenvalue weighted by Gasteiger charge is 2.23. The molecule has 5 rings (SSSR count). The summed E-state index contributed by atoms with van der Waals surface area (Å²) in [5.74, 6) is -0.759. The van der Waals surface area contributed by atoms with E-state index in [-0.39, 0.29) is 33.9 Å². The second-order valence-corrected chi connectivity index (χ2v) is 11.8. The van der Waals surface area contributed by atoms with E-state index in [0.29, 0.717) is 11.4 Å². The lowest BCUT2D eigenvalue weighted by Crippen LogP contribution is -2.21. The molecule has 0 unspecified atom stereocenters. The Bertz CT molecular complexity index is 1940. The minimum Gasteiger partial charge on any atom is -0.462 e. The van der Waals surface area contributed by atoms with Gasteiger partial charge in [0.1, 0.15) is 15.9 Å². The summed E-state index contributed by atoms with van der Waals surface area (Å²) >= 11 is 1.03. The molecule has 0 amide bonds. The number of thiazole rings is 1. The summed E-state index contributed by atoms with van der Waals surface area (Å²) in [6.45, 7) is 4.06. The molecular weight excluding hydrogens is 590 g/mol. The van der Waals surface area contributed by atoms with Gasteiger partial charge in [0.05, 0.1) is 11.5 Å². The number of ether oxygens (including phenoxy) is 1. The highest BCUT2D eigenvalue weighted by atomic mass is 32.2. The van der Waals surface area contributed by atoms with Crippen LogP contribution < -0.4 is 10.2 Å². The number of carbonyl (C=O) groups excluding carboxylic acids is 3. The normalized spacial score (nSPS) is 10.8. The fraction of sp³-hybridized carbons (Fsp3) is 0.161. The van der Waals surface area contributed by atoms with E-state index in [2.05, 4.69) is 9.71 Å². The van der Waals surface area contributed by atoms with Crippen LogP contribution >= 0.6 is 11.3 Å². The van der Waals surface area contributed by atoms with Gasteiger partial charge in [-0.2, -0.15) is 9.59 Å². The Hall–Kier alpha value is -4.90. The first-order valence-electron chi connectivity index (χ1n) is 13.2. The lowest BCUT2D eigenvalue weighted by molar-refractivity contribution is -0.191. The van der Waals surface area contributed by atoms with E-state index in [1.807, 2.05) is 61.5 Å². The molecule has 12 heteroatoms. The second kappa shape index (κ2) is 13.8. The molecular formula is C31H27N3O7S2. The quantitative estimate of drug-likeness (QED) is 0.225. The van der Waals surface area contributed by atoms with Crippen molar-refractivity contribution in [2.45, 2.75) is 31.7 Å². The van der Waals surface area contributed by atoms with Crippen molar-refractivity contribution >= 4 is 49.0 Å². The predicted octanol–water partition coefficient (Wildman–Crippen LogP) is 5.13. The smallest absolute Gasteiger partial charge is 0.373 e. The number of hydrogen-bond donors (Lipinski definition) is 1. The molecule has 10 nitrogen and oxygen atoms in total. The molecule has 1 N–H and O–H groups in total. The standard InChI is InChI=1S/C30H27N3O5S2.CO2/c1-3-20-14-16-23(17-15-20)40(36,37)32-30-31-26-27(34)25(29(35)38-4-2)19-33(28(26)39-30)18-22-12-8-9-13-24(22)21-10-6-5-7-11-21;2-1-3/h5-17,19H,3-4,18H2,1-2H3,(H,31,32);. The van der Waals surface area contributed by atoms with E-state index >= 15 is 0 Å². The molecule has 0 bridgehead atoms. The molecule has 43 heavy (non-hydrogen) atoms. The number of pyridine rings is 1. The third-order valence-corrected chi connectivity index (χ3v) is 8.91. The van der Waals surface area contributed by atoms with Crippen LogP contribution in [0.25, 0.3) is 21.5 Å². The molecule has 0 aliphatic rings. The van der Waals surface area contributed by atoms with Crippen LogP contribution in [0.15, 0.2) is 94.7 Å². The number of nitrogens with one attached hydrogen (secondary N) is 1. The van der Waals surface area contributed by atoms with E-state index in [9.17, 15) is 18.0 Å². The molecule has 220 valence electrons. The lowest BCUT2D eigenvalue weighted by atomic mass is 9.99. The molecule has 0 saturated carbocycles. The zero-order chi connectivity index (χ0) is 31.0. The van der Waals surface area contributed by atoms with Gasteiger partial charge in [0.15, 0.2) is 5.13 Å². The molecule has 0 fully saturated rings. The van der Waals surface area contributed by atoms with Crippen molar-refractivity contribution in [3.63, 3.8) is 0 Å². The molecule has 0 aliphatic heterocycles. The third-order valence-electron chi connectivity index (χ3n) is 6.42. The molecule has 0 aliphatic carbocycles. The summed E-state index contributed by atoms with van der Waals surface area (Å²) in [4.78, 5) is 47.1. The molecule has 0 radical (unpaired) electrons. The van der Waals surface area contributed by atoms with Crippen molar-refractivity contribution in [3.05, 3.63) is 112 Å². The van der Waals surface area contributed by atoms with Crippen LogP contribution in [0.1, 0.15) is 35.3 Å². The summed E-state index contributed by atoms with van der Waals surface area (Å²) in [6.07, 6.45) is 2.50. The van der Waals surface area contributed by atoms with Crippen molar-refractivity contribution in [3.8, 4) is 11.1 Å². The van der Waals surface area contributed by atoms with Gasteiger partial charge in [0, 0.05) is 12.7 Å². The first-order valence-corrected chi connectivity index (χ1v) is 15.5. The van der Waals surface area contributed by atoms with E-state index in [4.69, 9.17) is 14.3 Å². The maximum absolute atomic E-state index is 13.3. The van der Waals surface area contributed by atoms with E-state index in [1.165, 1.54) is 18.3 Å². The van der Waals surface area contributed by atoms with Gasteiger partial charge >= 0.3 is 12.1 Å². The number of aryl methyl sites for hydroxylation is 1. The summed E-state index contributed by atoms with van der Waals surface area (Å²) in [5, 5.41) is 0.0257. The molecule has 2 heterocycles. The van der Waals surface area contributed by atoms with E-state index in [1.54, 1.807) is 23.6 Å². The summed E-state index contributed by atoms with van der Waals surface area (Å²) < 4.78 is 35.6. The van der Waals surface area contributed by atoms with E-state index in [0.717, 1.165) is 40.0 Å². The van der Waals surface area contributed by atoms with Gasteiger partial charge in [-0.3, -0.25) is 9.52 Å². The maximum atomic E-state index is 13.3. The van der Waals surface area contributed by atoms with Crippen LogP contribution in [-0.2, 0) is 37.3 Å². The number of hydrogen-bond acceptors (Lipinski definition) is 9. The molecule has 2 aromatic heterocycles. The summed E-state index contributed by atoms with van der Waals surface area (Å²) in [5.41, 5.74) is 3.18. The average Bonchev–Trinajstić information content (AvgIpc) is 3.43. The van der Waals surface area contributed by atoms with Gasteiger partial charge in [0.25, 0.3) is 10.0 Å². The molecule has 5 aromatic rings. The van der Waals surface area contributed by atoms with Gasteiger partial charge in [-0.25, -0.2) is 18.2 Å². The van der Waals surface area contributed by atoms with Gasteiger partial charge in [0.2, 0.25) is 5.43 Å². The number of sulfonamides is 1. The first-order chi connectivity index (χ1) is 20.7. The summed E-state index contributed by atoms with van der Waals surface area (Å²) in [7, 11) is -3.95. The zero-order valence-corrected chi connectivity index (χ0v) is 24.9. The molecule has 3 aromatic carbocycles. The van der Waals surface area contributed by atoms with Crippen LogP contribution in [0.4, 0.5) is 5.13 Å². The van der Waals surface area contributed by atoms with Crippen LogP contribution in [0.5, 0.6) is 0 Å². The number of carbonyl (C=O) groups is 1. The minimum absolute atomic E-state index is 0.00761. The second-order valence-electron chi connectivity index (χ2n) is 9.10. The number of benzene rings is 3. The monoisotopic (exact) mass is 617 g/mol. The summed E-state index contributed by atoms with van der Waals surface area (Å²) in [6, 6.07) is 24.3. The van der Waals surface area contributed by atoms with Crippen LogP contribution in [0.2, 0.25) is 0 Å². The van der Waals surface area contributed by atoms with Crippen LogP contribution in [0, 0.1) is 0 Å². The van der Waals surface area contributed by atoms with Gasteiger partial charge in [-0.1, -0.05) is 85.0 Å². The Labute approximate surface area is 251 Å². The minimum atomic E-state index is -3.95. The number of anilines is 1. The van der Waals surface area contributed by atoms with Crippen molar-refractivity contribution in [1.82, 2.24) is 9.55 Å². The zero-order valence-electron chi connectivity index (χ0n) is 23.3. The van der Waals surface area contributed by atoms with Gasteiger partial charge in [-0.05, 0) is 47.7 Å². The predicted molar refractivity (Wildman–Crippen MR) is 162 cm³/mol. The Balaban J connectivity index is 0.00000135. The lowest BCUT2D eigenvalue weighted by Gasteiger charge is -2.14. The van der Waals surface area contributed by atoms with Crippen molar-refractivity contribution in [1.29, 1.82) is 0 Å². The van der Waals surface area contributed by atoms with E-state index < -0.39 is 21.4 Å². The Kier molecular flexibility index (Phi) is 9.99. The van der Waals surface area contributed by atoms with Gasteiger partial charge in [-0.15, -0.1) is 0 Å². The van der Waals surface area contributed by atoms with Crippen molar-refractivity contribution < 1.29 is 27.5 Å². The maximum Gasteiger partial charge on any atom is 0.373 e. The molecule has 0 spiro atoms. The number of aromatic nitrogens is 2. The highest BCUT2D eigenvalue weighted by Crippen LogP contribution is 2.30. The van der Waals surface area contributed by atoms with Crippen molar-refractivity contribution in [2.75, 3.05) is 11.3 Å². The largest absolute Gasteiger partial charge is 0.462 e. The Morgan fingerprint density at radius 2 is 1.63 bits per heavy atom. The number of rotatable bonds is 9. The fourth-order valence-corrected chi connectivity index (χ4v) is 6.56. The fourth-order valence-electron chi connectivity index (χ4n) is 4.39. The average molecular weight is 618 g/mol.